The van der Waals surface area contributed by atoms with Gasteiger partial charge in [0, 0.05) is 0 Å². The zero-order valence-electron chi connectivity index (χ0n) is 13.8. The average molecular weight is 341 g/mol. The molecule has 2 aromatic rings. The highest BCUT2D eigenvalue weighted by Gasteiger charge is 2.36. The molecule has 1 unspecified atom stereocenters. The van der Waals surface area contributed by atoms with Crippen LogP contribution in [0.4, 0.5) is 11.6 Å². The lowest BCUT2D eigenvalue weighted by atomic mass is 10.0. The molecule has 25 heavy (non-hydrogen) atoms. The predicted molar refractivity (Wildman–Crippen MR) is 92.6 cm³/mol. The highest BCUT2D eigenvalue weighted by molar-refractivity contribution is 6.01. The summed E-state index contributed by atoms with van der Waals surface area (Å²) in [6, 6.07) is 9.97. The Balaban J connectivity index is 1.87. The molecule has 0 saturated heterocycles. The Morgan fingerprint density at radius 2 is 2.04 bits per heavy atom. The number of nitrogen functional groups attached to an aromatic ring is 1. The number of amides is 1. The molecule has 2 heterocycles. The second-order valence-corrected chi connectivity index (χ2v) is 5.99. The second-order valence-electron chi connectivity index (χ2n) is 5.99. The molecule has 3 rings (SSSR count). The lowest BCUT2D eigenvalue weighted by molar-refractivity contribution is -0.140. The Hall–Kier alpha value is -3.09. The van der Waals surface area contributed by atoms with Crippen LogP contribution in [-0.2, 0) is 16.0 Å². The summed E-state index contributed by atoms with van der Waals surface area (Å²) in [5.41, 5.74) is 7.84. The van der Waals surface area contributed by atoms with E-state index in [2.05, 4.69) is 4.98 Å². The van der Waals surface area contributed by atoms with Crippen molar-refractivity contribution in [3.05, 3.63) is 47.5 Å². The molecule has 7 nitrogen and oxygen atoms in total. The van der Waals surface area contributed by atoms with Gasteiger partial charge in [0.2, 0.25) is 0 Å². The van der Waals surface area contributed by atoms with Gasteiger partial charge in [0.25, 0.3) is 5.91 Å². The van der Waals surface area contributed by atoms with Crippen LogP contribution in [0, 0.1) is 6.92 Å². The molecule has 0 aliphatic carbocycles. The van der Waals surface area contributed by atoms with E-state index in [9.17, 15) is 14.7 Å². The zero-order valence-corrected chi connectivity index (χ0v) is 13.8. The van der Waals surface area contributed by atoms with Gasteiger partial charge in [0.1, 0.15) is 11.9 Å². The van der Waals surface area contributed by atoms with Gasteiger partial charge in [-0.15, -0.1) is 0 Å². The molecule has 0 saturated carbocycles. The Morgan fingerprint density at radius 1 is 1.32 bits per heavy atom. The van der Waals surface area contributed by atoms with Crippen molar-refractivity contribution in [2.75, 3.05) is 17.2 Å². The fourth-order valence-corrected chi connectivity index (χ4v) is 2.81. The lowest BCUT2D eigenvalue weighted by Gasteiger charge is -2.32. The standard InChI is InChI=1S/C18H19N3O4/c1-11-2-4-12(5-3-11)6-7-13(18(23)24)21-16(22)10-25-14-8-9-15(19)20-17(14)21/h2-5,8-9,13H,6-7,10H2,1H3,(H2,19,20)(H,23,24). The number of rotatable bonds is 5. The molecule has 0 radical (unpaired) electrons. The van der Waals surface area contributed by atoms with Crippen molar-refractivity contribution in [2.45, 2.75) is 25.8 Å². The molecule has 7 heteroatoms. The first-order valence-electron chi connectivity index (χ1n) is 7.95. The summed E-state index contributed by atoms with van der Waals surface area (Å²) in [6.07, 6.45) is 0.791. The van der Waals surface area contributed by atoms with Gasteiger partial charge in [-0.25, -0.2) is 9.78 Å². The van der Waals surface area contributed by atoms with E-state index in [1.807, 2.05) is 31.2 Å². The number of carbonyl (C=O) groups excluding carboxylic acids is 1. The SMILES string of the molecule is Cc1ccc(CCC(C(=O)O)N2C(=O)COc3ccc(N)nc32)cc1. The number of aliphatic carboxylic acids is 1. The number of aromatic nitrogens is 1. The second kappa shape index (κ2) is 6.80. The number of carboxylic acid groups (broad SMARTS) is 1. The maximum atomic E-state index is 12.3. The quantitative estimate of drug-likeness (QED) is 0.859. The number of carbonyl (C=O) groups is 2. The van der Waals surface area contributed by atoms with Crippen LogP contribution in [0.3, 0.4) is 0 Å². The van der Waals surface area contributed by atoms with Crippen LogP contribution in [0.5, 0.6) is 5.75 Å². The first kappa shape index (κ1) is 16.8. The number of hydrogen-bond acceptors (Lipinski definition) is 5. The third kappa shape index (κ3) is 3.55. The van der Waals surface area contributed by atoms with Crippen molar-refractivity contribution in [1.29, 1.82) is 0 Å². The third-order valence-electron chi connectivity index (χ3n) is 4.13. The van der Waals surface area contributed by atoms with Gasteiger partial charge < -0.3 is 15.6 Å². The molecule has 1 aromatic carbocycles. The summed E-state index contributed by atoms with van der Waals surface area (Å²) >= 11 is 0. The number of benzene rings is 1. The molecule has 130 valence electrons. The average Bonchev–Trinajstić information content (AvgIpc) is 2.58. The Labute approximate surface area is 145 Å². The number of carboxylic acids is 1. The fraction of sp³-hybridized carbons (Fsp3) is 0.278. The predicted octanol–water partition coefficient (Wildman–Crippen LogP) is 1.78. The minimum atomic E-state index is -1.09. The first-order chi connectivity index (χ1) is 12.0. The van der Waals surface area contributed by atoms with Crippen LogP contribution < -0.4 is 15.4 Å². The van der Waals surface area contributed by atoms with Crippen molar-refractivity contribution in [2.24, 2.45) is 0 Å². The minimum Gasteiger partial charge on any atom is -0.480 e. The number of hydrogen-bond donors (Lipinski definition) is 2. The van der Waals surface area contributed by atoms with Crippen molar-refractivity contribution in [3.8, 4) is 5.75 Å². The summed E-state index contributed by atoms with van der Waals surface area (Å²) in [5.74, 6) is -0.813. The number of anilines is 2. The molecule has 1 amide bonds. The molecular weight excluding hydrogens is 322 g/mol. The van der Waals surface area contributed by atoms with Gasteiger partial charge in [-0.2, -0.15) is 0 Å². The molecule has 1 aromatic heterocycles. The number of nitrogens with two attached hydrogens (primary N) is 1. The number of nitrogens with zero attached hydrogens (tertiary/aromatic N) is 2. The lowest BCUT2D eigenvalue weighted by Crippen LogP contribution is -2.50. The molecule has 0 fully saturated rings. The van der Waals surface area contributed by atoms with Gasteiger partial charge >= 0.3 is 5.97 Å². The third-order valence-corrected chi connectivity index (χ3v) is 4.13. The van der Waals surface area contributed by atoms with E-state index in [0.717, 1.165) is 11.1 Å². The molecule has 1 aliphatic rings. The van der Waals surface area contributed by atoms with Crippen LogP contribution >= 0.6 is 0 Å². The molecule has 0 bridgehead atoms. The number of pyridine rings is 1. The van der Waals surface area contributed by atoms with E-state index in [-0.39, 0.29) is 24.7 Å². The highest BCUT2D eigenvalue weighted by Crippen LogP contribution is 2.33. The molecule has 1 aliphatic heterocycles. The smallest absolute Gasteiger partial charge is 0.326 e. The minimum absolute atomic E-state index is 0.160. The first-order valence-corrected chi connectivity index (χ1v) is 7.95. The van der Waals surface area contributed by atoms with Crippen LogP contribution in [-0.4, -0.2) is 34.6 Å². The van der Waals surface area contributed by atoms with Gasteiger partial charge in [-0.1, -0.05) is 29.8 Å². The maximum absolute atomic E-state index is 12.3. The van der Waals surface area contributed by atoms with Gasteiger partial charge in [0.15, 0.2) is 18.2 Å². The fourth-order valence-electron chi connectivity index (χ4n) is 2.81. The Kier molecular flexibility index (Phi) is 4.56. The van der Waals surface area contributed by atoms with Gasteiger partial charge in [-0.05, 0) is 37.5 Å². The van der Waals surface area contributed by atoms with Gasteiger partial charge in [0.05, 0.1) is 0 Å². The number of ether oxygens (including phenoxy) is 1. The summed E-state index contributed by atoms with van der Waals surface area (Å²) in [5, 5.41) is 9.67. The van der Waals surface area contributed by atoms with Crippen LogP contribution in [0.15, 0.2) is 36.4 Å². The van der Waals surface area contributed by atoms with E-state index >= 15 is 0 Å². The largest absolute Gasteiger partial charge is 0.480 e. The highest BCUT2D eigenvalue weighted by atomic mass is 16.5. The van der Waals surface area contributed by atoms with Crippen LogP contribution in [0.2, 0.25) is 0 Å². The Bertz CT molecular complexity index is 804. The monoisotopic (exact) mass is 341 g/mol. The van der Waals surface area contributed by atoms with E-state index < -0.39 is 17.9 Å². The Morgan fingerprint density at radius 3 is 2.72 bits per heavy atom. The van der Waals surface area contributed by atoms with Crippen molar-refractivity contribution >= 4 is 23.5 Å². The number of fused-ring (bicyclic) bond motifs is 1. The van der Waals surface area contributed by atoms with Gasteiger partial charge in [-0.3, -0.25) is 9.69 Å². The van der Waals surface area contributed by atoms with E-state index in [1.165, 1.54) is 4.90 Å². The maximum Gasteiger partial charge on any atom is 0.326 e. The summed E-state index contributed by atoms with van der Waals surface area (Å²) in [6.45, 7) is 1.77. The van der Waals surface area contributed by atoms with E-state index in [4.69, 9.17) is 10.5 Å². The normalized spacial score (nSPS) is 14.6. The van der Waals surface area contributed by atoms with Crippen LogP contribution in [0.1, 0.15) is 17.5 Å². The summed E-state index contributed by atoms with van der Waals surface area (Å²) < 4.78 is 5.32. The topological polar surface area (TPSA) is 106 Å². The van der Waals surface area contributed by atoms with E-state index in [1.54, 1.807) is 12.1 Å². The number of aryl methyl sites for hydroxylation is 2. The molecule has 1 atom stereocenters. The summed E-state index contributed by atoms with van der Waals surface area (Å²) in [4.78, 5) is 29.4. The molecule has 3 N–H and O–H groups in total. The molecule has 0 spiro atoms. The van der Waals surface area contributed by atoms with Crippen molar-refractivity contribution in [1.82, 2.24) is 4.98 Å². The van der Waals surface area contributed by atoms with Crippen LogP contribution in [0.25, 0.3) is 0 Å². The molecular formula is C18H19N3O4. The van der Waals surface area contributed by atoms with E-state index in [0.29, 0.717) is 12.2 Å². The van der Waals surface area contributed by atoms with Crippen molar-refractivity contribution < 1.29 is 19.4 Å². The van der Waals surface area contributed by atoms with Crippen molar-refractivity contribution in [3.63, 3.8) is 0 Å². The summed E-state index contributed by atoms with van der Waals surface area (Å²) in [7, 11) is 0. The zero-order chi connectivity index (χ0) is 18.0.